The topological polar surface area (TPSA) is 84.2 Å². The van der Waals surface area contributed by atoms with Crippen molar-refractivity contribution in [3.8, 4) is 0 Å². The SMILES string of the molecule is CNS(=O)(=O)c1ccc(N)c(Nc2cccc(Cl)c2Cl)c1. The molecule has 0 aliphatic heterocycles. The van der Waals surface area contributed by atoms with Crippen LogP contribution in [0.15, 0.2) is 41.3 Å². The molecule has 0 atom stereocenters. The van der Waals surface area contributed by atoms with E-state index in [2.05, 4.69) is 10.0 Å². The van der Waals surface area contributed by atoms with Crippen LogP contribution in [0.4, 0.5) is 17.1 Å². The van der Waals surface area contributed by atoms with Crippen LogP contribution in [0.25, 0.3) is 0 Å². The van der Waals surface area contributed by atoms with E-state index in [9.17, 15) is 8.42 Å². The van der Waals surface area contributed by atoms with Crippen molar-refractivity contribution in [3.05, 3.63) is 46.4 Å². The van der Waals surface area contributed by atoms with E-state index in [0.717, 1.165) is 0 Å². The monoisotopic (exact) mass is 345 g/mol. The van der Waals surface area contributed by atoms with E-state index in [1.165, 1.54) is 25.2 Å². The van der Waals surface area contributed by atoms with Crippen LogP contribution in [0.5, 0.6) is 0 Å². The van der Waals surface area contributed by atoms with Crippen molar-refractivity contribution in [3.63, 3.8) is 0 Å². The predicted octanol–water partition coefficient (Wildman–Crippen LogP) is 3.23. The zero-order valence-corrected chi connectivity index (χ0v) is 13.4. The van der Waals surface area contributed by atoms with Crippen molar-refractivity contribution in [2.45, 2.75) is 4.90 Å². The second-order valence-electron chi connectivity index (χ2n) is 4.18. The first-order valence-electron chi connectivity index (χ1n) is 5.89. The minimum absolute atomic E-state index is 0.0971. The molecule has 0 saturated heterocycles. The molecule has 0 heterocycles. The molecule has 0 saturated carbocycles. The lowest BCUT2D eigenvalue weighted by Gasteiger charge is -2.13. The molecule has 0 aliphatic rings. The van der Waals surface area contributed by atoms with E-state index >= 15 is 0 Å². The molecule has 0 spiro atoms. The number of hydrogen-bond acceptors (Lipinski definition) is 4. The Morgan fingerprint density at radius 2 is 1.81 bits per heavy atom. The first-order chi connectivity index (χ1) is 9.85. The number of rotatable bonds is 4. The summed E-state index contributed by atoms with van der Waals surface area (Å²) < 4.78 is 25.9. The smallest absolute Gasteiger partial charge is 0.240 e. The van der Waals surface area contributed by atoms with Crippen LogP contribution in [0.3, 0.4) is 0 Å². The Labute approximate surface area is 133 Å². The third kappa shape index (κ3) is 3.41. The minimum Gasteiger partial charge on any atom is -0.397 e. The van der Waals surface area contributed by atoms with Crippen molar-refractivity contribution in [1.29, 1.82) is 0 Å². The maximum Gasteiger partial charge on any atom is 0.240 e. The van der Waals surface area contributed by atoms with Gasteiger partial charge in [0.1, 0.15) is 0 Å². The third-order valence-electron chi connectivity index (χ3n) is 2.82. The molecule has 2 rings (SSSR count). The Hall–Kier alpha value is -1.47. The largest absolute Gasteiger partial charge is 0.397 e. The Morgan fingerprint density at radius 3 is 2.48 bits per heavy atom. The van der Waals surface area contributed by atoms with Gasteiger partial charge in [-0.05, 0) is 37.4 Å². The fourth-order valence-electron chi connectivity index (χ4n) is 1.67. The maximum atomic E-state index is 11.8. The minimum atomic E-state index is -3.55. The number of nitrogens with one attached hydrogen (secondary N) is 2. The molecule has 0 unspecified atom stereocenters. The van der Waals surface area contributed by atoms with Gasteiger partial charge < -0.3 is 11.1 Å². The van der Waals surface area contributed by atoms with Crippen LogP contribution in [0.1, 0.15) is 0 Å². The van der Waals surface area contributed by atoms with Gasteiger partial charge in [0.2, 0.25) is 10.0 Å². The molecular formula is C13H13Cl2N3O2S. The second-order valence-corrected chi connectivity index (χ2v) is 6.85. The van der Waals surface area contributed by atoms with Gasteiger partial charge in [0.15, 0.2) is 0 Å². The summed E-state index contributed by atoms with van der Waals surface area (Å²) in [6.07, 6.45) is 0. The third-order valence-corrected chi connectivity index (χ3v) is 5.06. The van der Waals surface area contributed by atoms with E-state index < -0.39 is 10.0 Å². The molecule has 2 aromatic rings. The molecule has 0 amide bonds. The van der Waals surface area contributed by atoms with Gasteiger partial charge in [-0.3, -0.25) is 0 Å². The van der Waals surface area contributed by atoms with Crippen LogP contribution < -0.4 is 15.8 Å². The quantitative estimate of drug-likeness (QED) is 0.742. The highest BCUT2D eigenvalue weighted by Gasteiger charge is 2.14. The molecule has 2 aromatic carbocycles. The molecule has 21 heavy (non-hydrogen) atoms. The van der Waals surface area contributed by atoms with Gasteiger partial charge in [-0.2, -0.15) is 0 Å². The molecule has 4 N–H and O–H groups in total. The highest BCUT2D eigenvalue weighted by Crippen LogP contribution is 2.34. The molecule has 0 bridgehead atoms. The number of nitrogens with two attached hydrogens (primary N) is 1. The van der Waals surface area contributed by atoms with E-state index in [-0.39, 0.29) is 4.90 Å². The Morgan fingerprint density at radius 1 is 1.10 bits per heavy atom. The molecule has 0 aliphatic carbocycles. The summed E-state index contributed by atoms with van der Waals surface area (Å²) >= 11 is 12.0. The number of sulfonamides is 1. The maximum absolute atomic E-state index is 11.8. The van der Waals surface area contributed by atoms with Gasteiger partial charge in [-0.25, -0.2) is 13.1 Å². The zero-order chi connectivity index (χ0) is 15.6. The molecule has 0 fully saturated rings. The standard InChI is InChI=1S/C13H13Cl2N3O2S/c1-17-21(19,20)8-5-6-10(16)12(7-8)18-11-4-2-3-9(14)13(11)15/h2-7,17-18H,16H2,1H3. The second kappa shape index (κ2) is 6.11. The molecule has 0 aromatic heterocycles. The van der Waals surface area contributed by atoms with Gasteiger partial charge in [-0.15, -0.1) is 0 Å². The first-order valence-corrected chi connectivity index (χ1v) is 8.13. The van der Waals surface area contributed by atoms with Crippen LogP contribution in [0, 0.1) is 0 Å². The average Bonchev–Trinajstić information content (AvgIpc) is 2.46. The van der Waals surface area contributed by atoms with Gasteiger partial charge >= 0.3 is 0 Å². The van der Waals surface area contributed by atoms with Crippen molar-refractivity contribution < 1.29 is 8.42 Å². The van der Waals surface area contributed by atoms with Gasteiger partial charge in [-0.1, -0.05) is 29.3 Å². The summed E-state index contributed by atoms with van der Waals surface area (Å²) in [5.74, 6) is 0. The van der Waals surface area contributed by atoms with Crippen molar-refractivity contribution in [1.82, 2.24) is 4.72 Å². The van der Waals surface area contributed by atoms with Gasteiger partial charge in [0, 0.05) is 0 Å². The lowest BCUT2D eigenvalue weighted by Crippen LogP contribution is -2.18. The van der Waals surface area contributed by atoms with Crippen molar-refractivity contribution in [2.75, 3.05) is 18.1 Å². The fraction of sp³-hybridized carbons (Fsp3) is 0.0769. The average molecular weight is 346 g/mol. The van der Waals surface area contributed by atoms with Crippen LogP contribution >= 0.6 is 23.2 Å². The van der Waals surface area contributed by atoms with E-state index in [0.29, 0.717) is 27.1 Å². The Bertz CT molecular complexity index is 779. The van der Waals surface area contributed by atoms with Gasteiger partial charge in [0.25, 0.3) is 0 Å². The van der Waals surface area contributed by atoms with Gasteiger partial charge in [0.05, 0.1) is 32.0 Å². The molecule has 5 nitrogen and oxygen atoms in total. The highest BCUT2D eigenvalue weighted by atomic mass is 35.5. The highest BCUT2D eigenvalue weighted by molar-refractivity contribution is 7.89. The fourth-order valence-corrected chi connectivity index (χ4v) is 2.78. The van der Waals surface area contributed by atoms with Crippen LogP contribution in [-0.2, 0) is 10.0 Å². The van der Waals surface area contributed by atoms with Crippen molar-refractivity contribution >= 4 is 50.3 Å². The number of halogens is 2. The Kier molecular flexibility index (Phi) is 4.63. The van der Waals surface area contributed by atoms with Crippen LogP contribution in [0.2, 0.25) is 10.0 Å². The summed E-state index contributed by atoms with van der Waals surface area (Å²) in [6, 6.07) is 9.45. The molecule has 8 heteroatoms. The lowest BCUT2D eigenvalue weighted by molar-refractivity contribution is 0.588. The lowest BCUT2D eigenvalue weighted by atomic mass is 10.2. The first kappa shape index (κ1) is 15.9. The zero-order valence-electron chi connectivity index (χ0n) is 11.0. The van der Waals surface area contributed by atoms with Crippen LogP contribution in [-0.4, -0.2) is 15.5 Å². The number of anilines is 3. The predicted molar refractivity (Wildman–Crippen MR) is 86.8 cm³/mol. The summed E-state index contributed by atoms with van der Waals surface area (Å²) in [5, 5.41) is 3.71. The van der Waals surface area contributed by atoms with Crippen molar-refractivity contribution in [2.24, 2.45) is 0 Å². The molecule has 112 valence electrons. The summed E-state index contributed by atoms with van der Waals surface area (Å²) in [4.78, 5) is 0.0971. The van der Waals surface area contributed by atoms with E-state index in [1.54, 1.807) is 18.2 Å². The Balaban J connectivity index is 2.45. The van der Waals surface area contributed by atoms with E-state index in [1.807, 2.05) is 0 Å². The number of nitrogen functional groups attached to an aromatic ring is 1. The normalized spacial score (nSPS) is 11.4. The molecule has 0 radical (unpaired) electrons. The summed E-state index contributed by atoms with van der Waals surface area (Å²) in [7, 11) is -2.21. The molecular weight excluding hydrogens is 333 g/mol. The van der Waals surface area contributed by atoms with E-state index in [4.69, 9.17) is 28.9 Å². The number of hydrogen-bond donors (Lipinski definition) is 3. The summed E-state index contributed by atoms with van der Waals surface area (Å²) in [6.45, 7) is 0. The summed E-state index contributed by atoms with van der Waals surface area (Å²) in [5.41, 5.74) is 7.21. The number of benzene rings is 2.